The largest absolute Gasteiger partial charge is 0.356 e. The van der Waals surface area contributed by atoms with E-state index in [4.69, 9.17) is 4.52 Å². The lowest BCUT2D eigenvalue weighted by Gasteiger charge is -2.04. The Bertz CT molecular complexity index is 924. The van der Waals surface area contributed by atoms with Crippen molar-refractivity contribution < 1.29 is 4.52 Å². The van der Waals surface area contributed by atoms with Crippen LogP contribution < -0.4 is 0 Å². The summed E-state index contributed by atoms with van der Waals surface area (Å²) in [6, 6.07) is 18.6. The van der Waals surface area contributed by atoms with Crippen molar-refractivity contribution in [3.63, 3.8) is 0 Å². The number of hydrogen-bond donors (Lipinski definition) is 1. The molecular formula is C18H15N5O. The minimum Gasteiger partial charge on any atom is -0.356 e. The molecule has 0 aliphatic carbocycles. The monoisotopic (exact) mass is 317 g/mol. The fourth-order valence-corrected chi connectivity index (χ4v) is 2.58. The molecule has 4 rings (SSSR count). The van der Waals surface area contributed by atoms with Gasteiger partial charge in [0, 0.05) is 18.1 Å². The van der Waals surface area contributed by atoms with Crippen molar-refractivity contribution in [2.75, 3.05) is 0 Å². The maximum absolute atomic E-state index is 5.29. The number of hydrogen-bond acceptors (Lipinski definition) is 5. The SMILES string of the molecule is Cc1cc(-c2ccc(-c3ccc(Cc4nn[nH]n4)cc3)cc2)on1. The Labute approximate surface area is 138 Å². The van der Waals surface area contributed by atoms with Crippen molar-refractivity contribution in [2.24, 2.45) is 0 Å². The van der Waals surface area contributed by atoms with Gasteiger partial charge in [-0.3, -0.25) is 0 Å². The van der Waals surface area contributed by atoms with Crippen LogP contribution >= 0.6 is 0 Å². The molecule has 0 amide bonds. The molecule has 0 spiro atoms. The van der Waals surface area contributed by atoms with E-state index in [0.717, 1.165) is 33.7 Å². The average Bonchev–Trinajstić information content (AvgIpc) is 3.28. The molecule has 0 fully saturated rings. The highest BCUT2D eigenvalue weighted by molar-refractivity contribution is 5.68. The standard InChI is InChI=1S/C18H15N5O/c1-12-10-17(24-21-12)16-8-6-15(7-9-16)14-4-2-13(3-5-14)11-18-19-22-23-20-18/h2-10H,11H2,1H3,(H,19,20,22,23). The van der Waals surface area contributed by atoms with Crippen LogP contribution in [0, 0.1) is 6.92 Å². The molecule has 118 valence electrons. The molecule has 6 heteroatoms. The number of aromatic nitrogens is 5. The van der Waals surface area contributed by atoms with Gasteiger partial charge in [-0.05, 0) is 23.6 Å². The van der Waals surface area contributed by atoms with Crippen LogP contribution in [0.5, 0.6) is 0 Å². The third-order valence-corrected chi connectivity index (χ3v) is 3.84. The number of benzene rings is 2. The molecule has 0 aliphatic heterocycles. The zero-order chi connectivity index (χ0) is 16.4. The molecule has 0 aliphatic rings. The Hall–Kier alpha value is -3.28. The predicted molar refractivity (Wildman–Crippen MR) is 89.1 cm³/mol. The van der Waals surface area contributed by atoms with Gasteiger partial charge in [0.15, 0.2) is 11.6 Å². The third-order valence-electron chi connectivity index (χ3n) is 3.84. The zero-order valence-electron chi connectivity index (χ0n) is 13.1. The molecule has 2 aromatic heterocycles. The summed E-state index contributed by atoms with van der Waals surface area (Å²) in [4.78, 5) is 0. The molecule has 2 heterocycles. The van der Waals surface area contributed by atoms with Crippen molar-refractivity contribution in [1.29, 1.82) is 0 Å². The maximum atomic E-state index is 5.29. The van der Waals surface area contributed by atoms with Crippen molar-refractivity contribution in [2.45, 2.75) is 13.3 Å². The molecule has 0 unspecified atom stereocenters. The Morgan fingerprint density at radius 1 is 0.917 bits per heavy atom. The van der Waals surface area contributed by atoms with Crippen LogP contribution in [-0.2, 0) is 6.42 Å². The smallest absolute Gasteiger partial charge is 0.178 e. The lowest BCUT2D eigenvalue weighted by atomic mass is 10.0. The Balaban J connectivity index is 1.53. The average molecular weight is 317 g/mol. The van der Waals surface area contributed by atoms with Crippen LogP contribution in [0.2, 0.25) is 0 Å². The normalized spacial score (nSPS) is 10.9. The number of aryl methyl sites for hydroxylation is 1. The molecule has 0 saturated carbocycles. The molecule has 1 N–H and O–H groups in total. The zero-order valence-corrected chi connectivity index (χ0v) is 13.1. The van der Waals surface area contributed by atoms with Crippen molar-refractivity contribution in [3.05, 3.63) is 71.7 Å². The minimum atomic E-state index is 0.667. The first-order valence-electron chi connectivity index (χ1n) is 7.63. The second-order valence-corrected chi connectivity index (χ2v) is 5.61. The fourth-order valence-electron chi connectivity index (χ4n) is 2.58. The molecular weight excluding hydrogens is 302 g/mol. The number of tetrazole rings is 1. The van der Waals surface area contributed by atoms with Gasteiger partial charge in [-0.2, -0.15) is 5.21 Å². The second kappa shape index (κ2) is 6.08. The third kappa shape index (κ3) is 2.94. The lowest BCUT2D eigenvalue weighted by molar-refractivity contribution is 0.427. The number of rotatable bonds is 4. The van der Waals surface area contributed by atoms with Crippen LogP contribution in [-0.4, -0.2) is 25.8 Å². The minimum absolute atomic E-state index is 0.667. The van der Waals surface area contributed by atoms with Gasteiger partial charge >= 0.3 is 0 Å². The van der Waals surface area contributed by atoms with Gasteiger partial charge in [-0.25, -0.2) is 0 Å². The summed E-state index contributed by atoms with van der Waals surface area (Å²) in [5.74, 6) is 1.48. The van der Waals surface area contributed by atoms with Gasteiger partial charge in [0.1, 0.15) is 0 Å². The number of aromatic amines is 1. The molecule has 0 bridgehead atoms. The highest BCUT2D eigenvalue weighted by Gasteiger charge is 2.06. The van der Waals surface area contributed by atoms with Gasteiger partial charge in [0.05, 0.1) is 5.69 Å². The van der Waals surface area contributed by atoms with Crippen molar-refractivity contribution in [3.8, 4) is 22.5 Å². The topological polar surface area (TPSA) is 80.5 Å². The highest BCUT2D eigenvalue weighted by atomic mass is 16.5. The highest BCUT2D eigenvalue weighted by Crippen LogP contribution is 2.25. The summed E-state index contributed by atoms with van der Waals surface area (Å²) in [7, 11) is 0. The van der Waals surface area contributed by atoms with E-state index in [1.54, 1.807) is 0 Å². The number of nitrogens with zero attached hydrogens (tertiary/aromatic N) is 4. The summed E-state index contributed by atoms with van der Waals surface area (Å²) in [5.41, 5.74) is 5.36. The Morgan fingerprint density at radius 3 is 2.17 bits per heavy atom. The Morgan fingerprint density at radius 2 is 1.58 bits per heavy atom. The molecule has 0 atom stereocenters. The van der Waals surface area contributed by atoms with E-state index in [1.807, 2.05) is 25.1 Å². The molecule has 6 nitrogen and oxygen atoms in total. The Kier molecular flexibility index (Phi) is 3.63. The van der Waals surface area contributed by atoms with Gasteiger partial charge in [-0.1, -0.05) is 58.9 Å². The van der Waals surface area contributed by atoms with Crippen LogP contribution in [0.25, 0.3) is 22.5 Å². The van der Waals surface area contributed by atoms with Crippen molar-refractivity contribution >= 4 is 0 Å². The fraction of sp³-hybridized carbons (Fsp3) is 0.111. The molecule has 24 heavy (non-hydrogen) atoms. The van der Waals surface area contributed by atoms with E-state index in [9.17, 15) is 0 Å². The summed E-state index contributed by atoms with van der Waals surface area (Å²) < 4.78 is 5.29. The van der Waals surface area contributed by atoms with Gasteiger partial charge < -0.3 is 4.52 Å². The molecule has 4 aromatic rings. The second-order valence-electron chi connectivity index (χ2n) is 5.61. The van der Waals surface area contributed by atoms with Gasteiger partial charge in [-0.15, -0.1) is 10.2 Å². The number of H-pyrrole nitrogens is 1. The summed E-state index contributed by atoms with van der Waals surface area (Å²) in [6.07, 6.45) is 0.667. The van der Waals surface area contributed by atoms with E-state index in [1.165, 1.54) is 0 Å². The number of nitrogens with one attached hydrogen (secondary N) is 1. The first kappa shape index (κ1) is 14.3. The first-order chi connectivity index (χ1) is 11.8. The van der Waals surface area contributed by atoms with E-state index in [0.29, 0.717) is 12.2 Å². The molecule has 0 saturated heterocycles. The predicted octanol–water partition coefficient (Wildman–Crippen LogP) is 3.42. The van der Waals surface area contributed by atoms with Crippen LogP contribution in [0.1, 0.15) is 17.1 Å². The van der Waals surface area contributed by atoms with E-state index in [-0.39, 0.29) is 0 Å². The van der Waals surface area contributed by atoms with Gasteiger partial charge in [0.2, 0.25) is 0 Å². The first-order valence-corrected chi connectivity index (χ1v) is 7.63. The summed E-state index contributed by atoms with van der Waals surface area (Å²) >= 11 is 0. The maximum Gasteiger partial charge on any atom is 0.178 e. The van der Waals surface area contributed by atoms with Crippen LogP contribution in [0.3, 0.4) is 0 Å². The van der Waals surface area contributed by atoms with Crippen LogP contribution in [0.15, 0.2) is 59.1 Å². The lowest BCUT2D eigenvalue weighted by Crippen LogP contribution is -1.91. The summed E-state index contributed by atoms with van der Waals surface area (Å²) in [5, 5.41) is 17.9. The quantitative estimate of drug-likeness (QED) is 0.624. The van der Waals surface area contributed by atoms with E-state index < -0.39 is 0 Å². The summed E-state index contributed by atoms with van der Waals surface area (Å²) in [6.45, 7) is 1.91. The molecule has 0 radical (unpaired) electrons. The van der Waals surface area contributed by atoms with E-state index >= 15 is 0 Å². The van der Waals surface area contributed by atoms with Gasteiger partial charge in [0.25, 0.3) is 0 Å². The van der Waals surface area contributed by atoms with E-state index in [2.05, 4.69) is 62.2 Å². The molecule has 2 aromatic carbocycles. The van der Waals surface area contributed by atoms with Crippen molar-refractivity contribution in [1.82, 2.24) is 25.8 Å². The van der Waals surface area contributed by atoms with Crippen LogP contribution in [0.4, 0.5) is 0 Å².